The smallest absolute Gasteiger partial charge is 0.191 e. The Hall–Kier alpha value is -1.48. The fourth-order valence-corrected chi connectivity index (χ4v) is 1.69. The van der Waals surface area contributed by atoms with Gasteiger partial charge >= 0.3 is 0 Å². The molecule has 0 amide bonds. The molecule has 0 aliphatic carbocycles. The zero-order valence-corrected chi connectivity index (χ0v) is 9.44. The van der Waals surface area contributed by atoms with Crippen LogP contribution in [-0.4, -0.2) is 22.8 Å². The molecular weight excluding hydrogens is 202 g/mol. The van der Waals surface area contributed by atoms with Gasteiger partial charge in [-0.15, -0.1) is 0 Å². The lowest BCUT2D eigenvalue weighted by Crippen LogP contribution is -2.04. The van der Waals surface area contributed by atoms with Crippen molar-refractivity contribution in [3.63, 3.8) is 0 Å². The summed E-state index contributed by atoms with van der Waals surface area (Å²) in [6.07, 6.45) is 1.40. The summed E-state index contributed by atoms with van der Waals surface area (Å²) in [7, 11) is 0. The molecular formula is C13H17NO2. The Morgan fingerprint density at radius 3 is 2.94 bits per heavy atom. The highest BCUT2D eigenvalue weighted by Gasteiger charge is 2.01. The number of nitrogens with one attached hydrogen (secondary N) is 1. The molecule has 1 aromatic heterocycles. The number of para-hydroxylation sites is 1. The second kappa shape index (κ2) is 5.03. The Kier molecular flexibility index (Phi) is 3.47. The summed E-state index contributed by atoms with van der Waals surface area (Å²) in [6, 6.07) is 10.1. The van der Waals surface area contributed by atoms with Crippen LogP contribution >= 0.6 is 0 Å². The van der Waals surface area contributed by atoms with Gasteiger partial charge < -0.3 is 14.8 Å². The van der Waals surface area contributed by atoms with Crippen LogP contribution in [0.5, 0.6) is 5.88 Å². The maximum absolute atomic E-state index is 9.10. The molecule has 1 unspecified atom stereocenters. The number of aromatic nitrogens is 1. The molecule has 0 bridgehead atoms. The van der Waals surface area contributed by atoms with E-state index in [2.05, 4.69) is 11.1 Å². The lowest BCUT2D eigenvalue weighted by molar-refractivity contribution is 0.170. The van der Waals surface area contributed by atoms with Gasteiger partial charge in [0.05, 0.1) is 12.7 Å². The summed E-state index contributed by atoms with van der Waals surface area (Å²) in [6.45, 7) is 2.43. The van der Waals surface area contributed by atoms with Crippen molar-refractivity contribution in [2.75, 3.05) is 6.61 Å². The maximum atomic E-state index is 9.10. The first-order chi connectivity index (χ1) is 7.75. The van der Waals surface area contributed by atoms with Gasteiger partial charge in [-0.3, -0.25) is 0 Å². The minimum atomic E-state index is -0.244. The third-order valence-corrected chi connectivity index (χ3v) is 2.53. The van der Waals surface area contributed by atoms with Crippen molar-refractivity contribution in [2.24, 2.45) is 0 Å². The van der Waals surface area contributed by atoms with Gasteiger partial charge in [-0.05, 0) is 25.8 Å². The Balaban J connectivity index is 1.89. The fraction of sp³-hybridized carbons (Fsp3) is 0.385. The van der Waals surface area contributed by atoms with Crippen LogP contribution in [0.4, 0.5) is 0 Å². The molecule has 0 saturated heterocycles. The first kappa shape index (κ1) is 11.0. The van der Waals surface area contributed by atoms with E-state index < -0.39 is 0 Å². The zero-order valence-electron chi connectivity index (χ0n) is 9.44. The summed E-state index contributed by atoms with van der Waals surface area (Å²) in [5.41, 5.74) is 1.09. The van der Waals surface area contributed by atoms with E-state index in [0.29, 0.717) is 6.61 Å². The highest BCUT2D eigenvalue weighted by Crippen LogP contribution is 2.19. The molecule has 0 fully saturated rings. The molecule has 0 aliphatic heterocycles. The lowest BCUT2D eigenvalue weighted by atomic mass is 10.2. The van der Waals surface area contributed by atoms with Crippen molar-refractivity contribution in [2.45, 2.75) is 25.9 Å². The van der Waals surface area contributed by atoms with Crippen LogP contribution in [0.25, 0.3) is 10.9 Å². The van der Waals surface area contributed by atoms with Crippen molar-refractivity contribution in [1.29, 1.82) is 0 Å². The second-order valence-corrected chi connectivity index (χ2v) is 4.06. The first-order valence-corrected chi connectivity index (χ1v) is 5.64. The molecule has 0 aliphatic rings. The van der Waals surface area contributed by atoms with Crippen LogP contribution in [0.2, 0.25) is 0 Å². The number of aliphatic hydroxyl groups excluding tert-OH is 1. The minimum Gasteiger partial charge on any atom is -0.479 e. The Morgan fingerprint density at radius 2 is 2.19 bits per heavy atom. The van der Waals surface area contributed by atoms with Crippen LogP contribution in [0.15, 0.2) is 30.3 Å². The number of aliphatic hydroxyl groups is 1. The molecule has 16 heavy (non-hydrogen) atoms. The number of H-pyrrole nitrogens is 1. The van der Waals surface area contributed by atoms with E-state index in [9.17, 15) is 0 Å². The number of ether oxygens (including phenoxy) is 1. The molecule has 2 aromatic rings. The van der Waals surface area contributed by atoms with Crippen LogP contribution in [0.3, 0.4) is 0 Å². The van der Waals surface area contributed by atoms with Gasteiger partial charge in [0.1, 0.15) is 0 Å². The maximum Gasteiger partial charge on any atom is 0.191 e. The Morgan fingerprint density at radius 1 is 1.38 bits per heavy atom. The largest absolute Gasteiger partial charge is 0.479 e. The molecule has 1 heterocycles. The quantitative estimate of drug-likeness (QED) is 0.759. The van der Waals surface area contributed by atoms with Crippen LogP contribution < -0.4 is 4.74 Å². The predicted molar refractivity (Wildman–Crippen MR) is 64.7 cm³/mol. The number of hydrogen-bond acceptors (Lipinski definition) is 2. The summed E-state index contributed by atoms with van der Waals surface area (Å²) in [4.78, 5) is 3.20. The van der Waals surface area contributed by atoms with E-state index in [4.69, 9.17) is 9.84 Å². The van der Waals surface area contributed by atoms with Gasteiger partial charge in [-0.1, -0.05) is 18.2 Å². The molecule has 0 radical (unpaired) electrons. The normalized spacial score (nSPS) is 12.9. The zero-order chi connectivity index (χ0) is 11.4. The van der Waals surface area contributed by atoms with Crippen molar-refractivity contribution in [3.8, 4) is 5.88 Å². The van der Waals surface area contributed by atoms with Gasteiger partial charge in [-0.2, -0.15) is 0 Å². The molecule has 0 saturated carbocycles. The minimum absolute atomic E-state index is 0.244. The standard InChI is InChI=1S/C13H17NO2/c1-10(15)5-4-8-16-13-9-11-6-2-3-7-12(11)14-13/h2-3,6-7,9-10,14-15H,4-5,8H2,1H3. The van der Waals surface area contributed by atoms with Crippen molar-refractivity contribution in [3.05, 3.63) is 30.3 Å². The first-order valence-electron chi connectivity index (χ1n) is 5.64. The molecule has 3 heteroatoms. The third-order valence-electron chi connectivity index (χ3n) is 2.53. The van der Waals surface area contributed by atoms with Gasteiger partial charge in [-0.25, -0.2) is 0 Å². The van der Waals surface area contributed by atoms with E-state index in [1.807, 2.05) is 24.3 Å². The molecule has 3 nitrogen and oxygen atoms in total. The number of hydrogen-bond donors (Lipinski definition) is 2. The fourth-order valence-electron chi connectivity index (χ4n) is 1.69. The van der Waals surface area contributed by atoms with Gasteiger partial charge in [0.2, 0.25) is 0 Å². The summed E-state index contributed by atoms with van der Waals surface area (Å²) < 4.78 is 5.57. The van der Waals surface area contributed by atoms with Crippen LogP contribution in [-0.2, 0) is 0 Å². The number of fused-ring (bicyclic) bond motifs is 1. The van der Waals surface area contributed by atoms with E-state index in [1.54, 1.807) is 6.92 Å². The highest BCUT2D eigenvalue weighted by atomic mass is 16.5. The molecule has 0 spiro atoms. The van der Waals surface area contributed by atoms with Crippen molar-refractivity contribution in [1.82, 2.24) is 4.98 Å². The number of benzene rings is 1. The molecule has 2 N–H and O–H groups in total. The average molecular weight is 219 g/mol. The van der Waals surface area contributed by atoms with Crippen molar-refractivity contribution < 1.29 is 9.84 Å². The van der Waals surface area contributed by atoms with E-state index in [-0.39, 0.29) is 6.10 Å². The molecule has 1 atom stereocenters. The van der Waals surface area contributed by atoms with E-state index >= 15 is 0 Å². The Bertz CT molecular complexity index is 415. The summed E-state index contributed by atoms with van der Waals surface area (Å²) >= 11 is 0. The number of rotatable bonds is 5. The predicted octanol–water partition coefficient (Wildman–Crippen LogP) is 2.71. The van der Waals surface area contributed by atoms with Gasteiger partial charge in [0.15, 0.2) is 5.88 Å². The van der Waals surface area contributed by atoms with E-state index in [0.717, 1.165) is 29.6 Å². The van der Waals surface area contributed by atoms with Crippen LogP contribution in [0.1, 0.15) is 19.8 Å². The summed E-state index contributed by atoms with van der Waals surface area (Å²) in [5.74, 6) is 0.798. The topological polar surface area (TPSA) is 45.2 Å². The Labute approximate surface area is 95.1 Å². The number of aromatic amines is 1. The molecule has 86 valence electrons. The average Bonchev–Trinajstić information content (AvgIpc) is 2.66. The summed E-state index contributed by atoms with van der Waals surface area (Å²) in [5, 5.41) is 10.3. The molecule has 1 aromatic carbocycles. The van der Waals surface area contributed by atoms with Crippen molar-refractivity contribution >= 4 is 10.9 Å². The lowest BCUT2D eigenvalue weighted by Gasteiger charge is -2.04. The molecule has 2 rings (SSSR count). The SMILES string of the molecule is CC(O)CCCOc1cc2ccccc2[nH]1. The van der Waals surface area contributed by atoms with E-state index in [1.165, 1.54) is 0 Å². The highest BCUT2D eigenvalue weighted by molar-refractivity contribution is 5.81. The second-order valence-electron chi connectivity index (χ2n) is 4.06. The monoisotopic (exact) mass is 219 g/mol. The van der Waals surface area contributed by atoms with Crippen LogP contribution in [0, 0.1) is 0 Å². The van der Waals surface area contributed by atoms with Gasteiger partial charge in [0.25, 0.3) is 0 Å². The third kappa shape index (κ3) is 2.76. The van der Waals surface area contributed by atoms with Gasteiger partial charge in [0, 0.05) is 17.0 Å².